The van der Waals surface area contributed by atoms with E-state index in [-0.39, 0.29) is 5.82 Å². The summed E-state index contributed by atoms with van der Waals surface area (Å²) in [7, 11) is 1.83. The Kier molecular flexibility index (Phi) is 2.68. The van der Waals surface area contributed by atoms with E-state index < -0.39 is 0 Å². The summed E-state index contributed by atoms with van der Waals surface area (Å²) in [6, 6.07) is 9.75. The molecule has 0 fully saturated rings. The summed E-state index contributed by atoms with van der Waals surface area (Å²) in [6.07, 6.45) is 0. The van der Waals surface area contributed by atoms with Crippen LogP contribution in [0.3, 0.4) is 0 Å². The Bertz CT molecular complexity index is 780. The van der Waals surface area contributed by atoms with Crippen LogP contribution in [0.15, 0.2) is 36.4 Å². The minimum atomic E-state index is -0.286. The highest BCUT2D eigenvalue weighted by atomic mass is 35.5. The number of fused-ring (bicyclic) bond motifs is 1. The summed E-state index contributed by atoms with van der Waals surface area (Å²) in [6.45, 7) is 0. The summed E-state index contributed by atoms with van der Waals surface area (Å²) in [5, 5.41) is 0.575. The molecule has 0 unspecified atom stereocenters. The van der Waals surface area contributed by atoms with Crippen LogP contribution < -0.4 is 5.73 Å². The molecule has 0 amide bonds. The van der Waals surface area contributed by atoms with E-state index in [9.17, 15) is 4.39 Å². The van der Waals surface area contributed by atoms with Crippen LogP contribution >= 0.6 is 11.6 Å². The van der Waals surface area contributed by atoms with Gasteiger partial charge in [-0.25, -0.2) is 9.37 Å². The maximum absolute atomic E-state index is 13.3. The van der Waals surface area contributed by atoms with Gasteiger partial charge in [0.05, 0.1) is 11.0 Å². The van der Waals surface area contributed by atoms with Gasteiger partial charge in [0.2, 0.25) is 0 Å². The number of halogens is 2. The fraction of sp³-hybridized carbons (Fsp3) is 0.0714. The molecular formula is C14H11ClFN3. The number of hydrogen-bond acceptors (Lipinski definition) is 2. The minimum absolute atomic E-state index is 0.286. The van der Waals surface area contributed by atoms with Gasteiger partial charge in [-0.2, -0.15) is 0 Å². The Balaban J connectivity index is 2.28. The van der Waals surface area contributed by atoms with E-state index in [1.807, 2.05) is 17.7 Å². The third-order valence-electron chi connectivity index (χ3n) is 3.10. The summed E-state index contributed by atoms with van der Waals surface area (Å²) in [5.74, 6) is 0.404. The van der Waals surface area contributed by atoms with Crippen LogP contribution in [0.1, 0.15) is 0 Å². The van der Waals surface area contributed by atoms with Gasteiger partial charge in [0, 0.05) is 23.3 Å². The second-order valence-electron chi connectivity index (χ2n) is 4.36. The molecule has 0 saturated heterocycles. The van der Waals surface area contributed by atoms with E-state index in [4.69, 9.17) is 17.3 Å². The molecule has 2 aromatic carbocycles. The van der Waals surface area contributed by atoms with Crippen molar-refractivity contribution in [3.05, 3.63) is 47.2 Å². The number of imidazole rings is 1. The SMILES string of the molecule is Cn1c(-c2ccc(Cl)cc2N)nc2ccc(F)cc21. The van der Waals surface area contributed by atoms with Crippen molar-refractivity contribution >= 4 is 28.3 Å². The summed E-state index contributed by atoms with van der Waals surface area (Å²) >= 11 is 5.89. The topological polar surface area (TPSA) is 43.8 Å². The lowest BCUT2D eigenvalue weighted by molar-refractivity contribution is 0.629. The quantitative estimate of drug-likeness (QED) is 0.690. The maximum Gasteiger partial charge on any atom is 0.142 e. The van der Waals surface area contributed by atoms with Gasteiger partial charge in [0.25, 0.3) is 0 Å². The zero-order valence-electron chi connectivity index (χ0n) is 10.2. The van der Waals surface area contributed by atoms with Gasteiger partial charge in [-0.15, -0.1) is 0 Å². The number of nitrogen functional groups attached to an aromatic ring is 1. The molecule has 0 aliphatic rings. The van der Waals surface area contributed by atoms with Gasteiger partial charge < -0.3 is 10.3 Å². The molecule has 2 N–H and O–H groups in total. The van der Waals surface area contributed by atoms with Gasteiger partial charge in [-0.1, -0.05) is 11.6 Å². The highest BCUT2D eigenvalue weighted by Crippen LogP contribution is 2.30. The fourth-order valence-electron chi connectivity index (χ4n) is 2.14. The Morgan fingerprint density at radius 2 is 2.00 bits per heavy atom. The first-order valence-electron chi connectivity index (χ1n) is 5.73. The van der Waals surface area contributed by atoms with Crippen molar-refractivity contribution in [1.29, 1.82) is 0 Å². The molecule has 0 saturated carbocycles. The number of aryl methyl sites for hydroxylation is 1. The second-order valence-corrected chi connectivity index (χ2v) is 4.80. The van der Waals surface area contributed by atoms with Gasteiger partial charge in [-0.3, -0.25) is 0 Å². The van der Waals surface area contributed by atoms with Crippen molar-refractivity contribution in [3.8, 4) is 11.4 Å². The van der Waals surface area contributed by atoms with Crippen LogP contribution in [-0.2, 0) is 7.05 Å². The number of aromatic nitrogens is 2. The van der Waals surface area contributed by atoms with Gasteiger partial charge in [0.15, 0.2) is 0 Å². The summed E-state index contributed by atoms with van der Waals surface area (Å²) < 4.78 is 15.1. The first kappa shape index (κ1) is 12.0. The molecule has 96 valence electrons. The van der Waals surface area contributed by atoms with Crippen LogP contribution in [0, 0.1) is 5.82 Å². The van der Waals surface area contributed by atoms with Crippen LogP contribution in [0.25, 0.3) is 22.4 Å². The molecule has 0 bridgehead atoms. The first-order chi connectivity index (χ1) is 9.06. The second kappa shape index (κ2) is 4.24. The predicted octanol–water partition coefficient (Wildman–Crippen LogP) is 3.62. The highest BCUT2D eigenvalue weighted by molar-refractivity contribution is 6.31. The van der Waals surface area contributed by atoms with E-state index in [1.54, 1.807) is 18.2 Å². The average Bonchev–Trinajstić information content (AvgIpc) is 2.67. The third kappa shape index (κ3) is 1.94. The molecule has 0 spiro atoms. The Labute approximate surface area is 114 Å². The molecule has 3 rings (SSSR count). The highest BCUT2D eigenvalue weighted by Gasteiger charge is 2.13. The molecule has 0 aliphatic carbocycles. The van der Waals surface area contributed by atoms with Crippen LogP contribution in [-0.4, -0.2) is 9.55 Å². The molecule has 3 nitrogen and oxygen atoms in total. The Hall–Kier alpha value is -2.07. The normalized spacial score (nSPS) is 11.1. The van der Waals surface area contributed by atoms with E-state index >= 15 is 0 Å². The molecular weight excluding hydrogens is 265 g/mol. The Morgan fingerprint density at radius 3 is 2.74 bits per heavy atom. The molecule has 0 atom stereocenters. The smallest absolute Gasteiger partial charge is 0.142 e. The van der Waals surface area contributed by atoms with Crippen LogP contribution in [0.2, 0.25) is 5.02 Å². The van der Waals surface area contributed by atoms with Crippen molar-refractivity contribution in [1.82, 2.24) is 9.55 Å². The van der Waals surface area contributed by atoms with E-state index in [0.717, 1.165) is 16.6 Å². The number of nitrogens with two attached hydrogens (primary N) is 1. The first-order valence-corrected chi connectivity index (χ1v) is 6.11. The van der Waals surface area contributed by atoms with Crippen molar-refractivity contribution < 1.29 is 4.39 Å². The summed E-state index contributed by atoms with van der Waals surface area (Å²) in [5.41, 5.74) is 8.75. The van der Waals surface area contributed by atoms with Crippen molar-refractivity contribution in [3.63, 3.8) is 0 Å². The third-order valence-corrected chi connectivity index (χ3v) is 3.33. The largest absolute Gasteiger partial charge is 0.398 e. The average molecular weight is 276 g/mol. The number of hydrogen-bond donors (Lipinski definition) is 1. The molecule has 0 radical (unpaired) electrons. The number of rotatable bonds is 1. The van der Waals surface area contributed by atoms with Crippen molar-refractivity contribution in [2.24, 2.45) is 7.05 Å². The summed E-state index contributed by atoms with van der Waals surface area (Å²) in [4.78, 5) is 4.49. The van der Waals surface area contributed by atoms with Crippen LogP contribution in [0.5, 0.6) is 0 Å². The molecule has 1 heterocycles. The monoisotopic (exact) mass is 275 g/mol. The minimum Gasteiger partial charge on any atom is -0.398 e. The maximum atomic E-state index is 13.3. The number of nitrogens with zero attached hydrogens (tertiary/aromatic N) is 2. The lowest BCUT2D eigenvalue weighted by Crippen LogP contribution is -1.96. The van der Waals surface area contributed by atoms with Crippen molar-refractivity contribution in [2.75, 3.05) is 5.73 Å². The standard InChI is InChI=1S/C14H11ClFN3/c1-19-13-7-9(16)3-5-12(13)18-14(19)10-4-2-8(15)6-11(10)17/h2-7H,17H2,1H3. The van der Waals surface area contributed by atoms with E-state index in [2.05, 4.69) is 4.98 Å². The zero-order valence-corrected chi connectivity index (χ0v) is 10.9. The predicted molar refractivity (Wildman–Crippen MR) is 75.5 cm³/mol. The van der Waals surface area contributed by atoms with Crippen molar-refractivity contribution in [2.45, 2.75) is 0 Å². The molecule has 3 aromatic rings. The van der Waals surface area contributed by atoms with E-state index in [0.29, 0.717) is 16.5 Å². The fourth-order valence-corrected chi connectivity index (χ4v) is 2.32. The zero-order chi connectivity index (χ0) is 13.6. The number of anilines is 1. The van der Waals surface area contributed by atoms with Gasteiger partial charge in [-0.05, 0) is 36.4 Å². The number of benzene rings is 2. The van der Waals surface area contributed by atoms with E-state index in [1.165, 1.54) is 12.1 Å². The lowest BCUT2D eigenvalue weighted by Gasteiger charge is -2.06. The van der Waals surface area contributed by atoms with Crippen LogP contribution in [0.4, 0.5) is 10.1 Å². The lowest BCUT2D eigenvalue weighted by atomic mass is 10.1. The molecule has 1 aromatic heterocycles. The van der Waals surface area contributed by atoms with Gasteiger partial charge in [0.1, 0.15) is 11.6 Å². The molecule has 0 aliphatic heterocycles. The van der Waals surface area contributed by atoms with Gasteiger partial charge >= 0.3 is 0 Å². The molecule has 5 heteroatoms. The molecule has 19 heavy (non-hydrogen) atoms. The Morgan fingerprint density at radius 1 is 1.21 bits per heavy atom.